The Kier molecular flexibility index (Phi) is 4.04. The van der Waals surface area contributed by atoms with Crippen molar-refractivity contribution in [1.29, 1.82) is 0 Å². The topological polar surface area (TPSA) is 55.1 Å². The van der Waals surface area contributed by atoms with Gasteiger partial charge in [-0.1, -0.05) is 22.0 Å². The molecule has 0 bridgehead atoms. The van der Waals surface area contributed by atoms with Crippen molar-refractivity contribution in [1.82, 2.24) is 5.32 Å². The summed E-state index contributed by atoms with van der Waals surface area (Å²) in [5.41, 5.74) is 9.62. The monoisotopic (exact) mass is 408 g/mol. The number of amides is 1. The molecule has 1 unspecified atom stereocenters. The zero-order valence-corrected chi connectivity index (χ0v) is 14.4. The smallest absolute Gasteiger partial charge is 0.252 e. The molecule has 1 aliphatic carbocycles. The summed E-state index contributed by atoms with van der Waals surface area (Å²) >= 11 is 6.82. The molecule has 0 aromatic heterocycles. The van der Waals surface area contributed by atoms with E-state index in [1.807, 2.05) is 36.4 Å². The van der Waals surface area contributed by atoms with Gasteiger partial charge in [0.2, 0.25) is 0 Å². The molecule has 1 atom stereocenters. The van der Waals surface area contributed by atoms with Crippen LogP contribution in [0.15, 0.2) is 45.3 Å². The molecule has 0 aliphatic heterocycles. The fourth-order valence-corrected chi connectivity index (χ4v) is 3.92. The predicted octanol–water partition coefficient (Wildman–Crippen LogP) is 4.21. The zero-order chi connectivity index (χ0) is 15.0. The fourth-order valence-electron chi connectivity index (χ4n) is 2.70. The molecule has 108 valence electrons. The second-order valence-corrected chi connectivity index (χ2v) is 6.92. The van der Waals surface area contributed by atoms with Gasteiger partial charge in [0.15, 0.2) is 0 Å². The van der Waals surface area contributed by atoms with E-state index in [0.29, 0.717) is 5.56 Å². The van der Waals surface area contributed by atoms with Crippen LogP contribution in [0.3, 0.4) is 0 Å². The molecule has 0 heterocycles. The third-order valence-electron chi connectivity index (χ3n) is 3.73. The number of aryl methyl sites for hydroxylation is 1. The number of nitrogens with two attached hydrogens (primary N) is 1. The van der Waals surface area contributed by atoms with Crippen molar-refractivity contribution in [2.24, 2.45) is 0 Å². The molecule has 1 amide bonds. The minimum Gasteiger partial charge on any atom is -0.399 e. The zero-order valence-electron chi connectivity index (χ0n) is 11.2. The normalized spacial score (nSPS) is 16.6. The van der Waals surface area contributed by atoms with Gasteiger partial charge in [0, 0.05) is 14.6 Å². The number of hydrogen-bond donors (Lipinski definition) is 2. The lowest BCUT2D eigenvalue weighted by Crippen LogP contribution is -2.27. The van der Waals surface area contributed by atoms with Crippen LogP contribution < -0.4 is 11.1 Å². The Labute approximate surface area is 140 Å². The van der Waals surface area contributed by atoms with Crippen molar-refractivity contribution >= 4 is 43.5 Å². The first kappa shape index (κ1) is 14.6. The maximum absolute atomic E-state index is 12.4. The van der Waals surface area contributed by atoms with E-state index in [0.717, 1.165) is 27.5 Å². The molecule has 0 radical (unpaired) electrons. The molecular weight excluding hydrogens is 396 g/mol. The molecule has 0 saturated heterocycles. The molecule has 0 spiro atoms. The summed E-state index contributed by atoms with van der Waals surface area (Å²) in [6, 6.07) is 11.5. The molecule has 2 aromatic carbocycles. The third kappa shape index (κ3) is 2.99. The van der Waals surface area contributed by atoms with Crippen molar-refractivity contribution in [2.75, 3.05) is 5.73 Å². The van der Waals surface area contributed by atoms with Crippen molar-refractivity contribution in [2.45, 2.75) is 18.9 Å². The van der Waals surface area contributed by atoms with Gasteiger partial charge in [-0.15, -0.1) is 0 Å². The first-order chi connectivity index (χ1) is 10.0. The fraction of sp³-hybridized carbons (Fsp3) is 0.188. The van der Waals surface area contributed by atoms with E-state index in [9.17, 15) is 4.79 Å². The van der Waals surface area contributed by atoms with E-state index in [4.69, 9.17) is 5.73 Å². The number of nitrogens with one attached hydrogen (secondary N) is 1. The van der Waals surface area contributed by atoms with Crippen LogP contribution in [-0.2, 0) is 6.42 Å². The molecule has 1 aliphatic rings. The van der Waals surface area contributed by atoms with Crippen LogP contribution in [0.4, 0.5) is 5.69 Å². The summed E-state index contributed by atoms with van der Waals surface area (Å²) in [5.74, 6) is -0.0657. The van der Waals surface area contributed by atoms with Crippen LogP contribution in [0.5, 0.6) is 0 Å². The van der Waals surface area contributed by atoms with Crippen molar-refractivity contribution < 1.29 is 4.79 Å². The molecule has 3 nitrogen and oxygen atoms in total. The first-order valence-corrected chi connectivity index (χ1v) is 8.27. The van der Waals surface area contributed by atoms with Crippen LogP contribution in [0.1, 0.15) is 33.9 Å². The Morgan fingerprint density at radius 1 is 1.19 bits per heavy atom. The van der Waals surface area contributed by atoms with Crippen molar-refractivity contribution in [3.8, 4) is 0 Å². The second kappa shape index (κ2) is 5.81. The highest BCUT2D eigenvalue weighted by Crippen LogP contribution is 2.33. The Hall–Kier alpha value is -1.33. The largest absolute Gasteiger partial charge is 0.399 e. The highest BCUT2D eigenvalue weighted by Gasteiger charge is 2.24. The van der Waals surface area contributed by atoms with Gasteiger partial charge < -0.3 is 11.1 Å². The number of rotatable bonds is 2. The van der Waals surface area contributed by atoms with Gasteiger partial charge in [0.25, 0.3) is 5.91 Å². The predicted molar refractivity (Wildman–Crippen MR) is 91.2 cm³/mol. The van der Waals surface area contributed by atoms with E-state index in [1.54, 1.807) is 0 Å². The van der Waals surface area contributed by atoms with Crippen molar-refractivity contribution in [3.05, 3.63) is 62.0 Å². The summed E-state index contributed by atoms with van der Waals surface area (Å²) in [5, 5.41) is 3.11. The maximum Gasteiger partial charge on any atom is 0.252 e. The van der Waals surface area contributed by atoms with Gasteiger partial charge in [-0.3, -0.25) is 4.79 Å². The van der Waals surface area contributed by atoms with E-state index < -0.39 is 0 Å². The van der Waals surface area contributed by atoms with Crippen LogP contribution in [0.2, 0.25) is 0 Å². The highest BCUT2D eigenvalue weighted by molar-refractivity contribution is 9.11. The molecule has 21 heavy (non-hydrogen) atoms. The lowest BCUT2D eigenvalue weighted by Gasteiger charge is -2.15. The molecule has 3 N–H and O–H groups in total. The van der Waals surface area contributed by atoms with Gasteiger partial charge in [-0.05, 0) is 70.2 Å². The second-order valence-electron chi connectivity index (χ2n) is 5.15. The minimum atomic E-state index is -0.0657. The van der Waals surface area contributed by atoms with Gasteiger partial charge in [0.05, 0.1) is 11.6 Å². The van der Waals surface area contributed by atoms with E-state index in [2.05, 4.69) is 37.2 Å². The number of carbonyl (C=O) groups is 1. The van der Waals surface area contributed by atoms with Crippen molar-refractivity contribution in [3.63, 3.8) is 0 Å². The maximum atomic E-state index is 12.4. The number of fused-ring (bicyclic) bond motifs is 1. The quantitative estimate of drug-likeness (QED) is 0.730. The lowest BCUT2D eigenvalue weighted by atomic mass is 10.1. The Balaban J connectivity index is 1.81. The summed E-state index contributed by atoms with van der Waals surface area (Å²) in [6.45, 7) is 0. The SMILES string of the molecule is Nc1ccc2c(c1)CCC2NC(=O)c1ccc(Br)cc1Br. The molecule has 2 aromatic rings. The summed E-state index contributed by atoms with van der Waals surface area (Å²) in [7, 11) is 0. The average Bonchev–Trinajstić information content (AvgIpc) is 2.80. The number of nitrogen functional groups attached to an aromatic ring is 1. The average molecular weight is 410 g/mol. The van der Waals surface area contributed by atoms with Crippen LogP contribution in [0, 0.1) is 0 Å². The highest BCUT2D eigenvalue weighted by atomic mass is 79.9. The first-order valence-electron chi connectivity index (χ1n) is 6.69. The van der Waals surface area contributed by atoms with Gasteiger partial charge in [0.1, 0.15) is 0 Å². The summed E-state index contributed by atoms with van der Waals surface area (Å²) in [6.07, 6.45) is 1.87. The van der Waals surface area contributed by atoms with E-state index in [1.165, 1.54) is 11.1 Å². The molecule has 0 fully saturated rings. The third-order valence-corrected chi connectivity index (χ3v) is 4.88. The van der Waals surface area contributed by atoms with E-state index in [-0.39, 0.29) is 11.9 Å². The Morgan fingerprint density at radius 2 is 2.00 bits per heavy atom. The Morgan fingerprint density at radius 3 is 2.76 bits per heavy atom. The molecule has 3 rings (SSSR count). The van der Waals surface area contributed by atoms with Crippen LogP contribution in [-0.4, -0.2) is 5.91 Å². The van der Waals surface area contributed by atoms with Gasteiger partial charge in [-0.25, -0.2) is 0 Å². The van der Waals surface area contributed by atoms with Crippen LogP contribution in [0.25, 0.3) is 0 Å². The molecular formula is C16H14Br2N2O. The van der Waals surface area contributed by atoms with E-state index >= 15 is 0 Å². The number of carbonyl (C=O) groups excluding carboxylic acids is 1. The van der Waals surface area contributed by atoms with Gasteiger partial charge >= 0.3 is 0 Å². The van der Waals surface area contributed by atoms with Gasteiger partial charge in [-0.2, -0.15) is 0 Å². The number of benzene rings is 2. The summed E-state index contributed by atoms with van der Waals surface area (Å²) < 4.78 is 1.72. The lowest BCUT2D eigenvalue weighted by molar-refractivity contribution is 0.0936. The number of anilines is 1. The number of hydrogen-bond acceptors (Lipinski definition) is 2. The summed E-state index contributed by atoms with van der Waals surface area (Å²) in [4.78, 5) is 12.4. The standard InChI is InChI=1S/C16H14Br2N2O/c17-10-2-4-13(14(18)8-10)16(21)20-15-6-1-9-7-11(19)3-5-12(9)15/h2-5,7-8,15H,1,6,19H2,(H,20,21). The minimum absolute atomic E-state index is 0.0589. The Bertz CT molecular complexity index is 715. The molecule has 0 saturated carbocycles. The van der Waals surface area contributed by atoms with Crippen LogP contribution >= 0.6 is 31.9 Å². The number of halogens is 2. The molecule has 5 heteroatoms.